The maximum Gasteiger partial charge on any atom is 0.260 e. The quantitative estimate of drug-likeness (QED) is 0.563. The topological polar surface area (TPSA) is 63.9 Å². The summed E-state index contributed by atoms with van der Waals surface area (Å²) in [6.45, 7) is 0. The molecule has 0 bridgehead atoms. The van der Waals surface area contributed by atoms with Gasteiger partial charge in [-0.1, -0.05) is 50.3 Å². The molecule has 2 aromatic heterocycles. The van der Waals surface area contributed by atoms with Crippen LogP contribution in [0.5, 0.6) is 0 Å². The van der Waals surface area contributed by atoms with Crippen LogP contribution in [-0.2, 0) is 5.54 Å². The number of nitrogens with zero attached hydrogens (tertiary/aromatic N) is 5. The zero-order valence-electron chi connectivity index (χ0n) is 18.4. The summed E-state index contributed by atoms with van der Waals surface area (Å²) in [5.41, 5.74) is 1.59. The minimum Gasteiger partial charge on any atom is -0.273 e. The summed E-state index contributed by atoms with van der Waals surface area (Å²) in [6.07, 6.45) is 14.2. The predicted molar refractivity (Wildman–Crippen MR) is 123 cm³/mol. The summed E-state index contributed by atoms with van der Waals surface area (Å²) in [5.74, 6) is 1.87. The lowest BCUT2D eigenvalue weighted by atomic mass is 9.64. The minimum absolute atomic E-state index is 0.0282. The highest BCUT2D eigenvalue weighted by atomic mass is 16.2. The lowest BCUT2D eigenvalue weighted by molar-refractivity contribution is 0.0314. The van der Waals surface area contributed by atoms with Crippen LogP contribution < -0.4 is 4.90 Å². The number of benzene rings is 1. The molecule has 2 aliphatic carbocycles. The fourth-order valence-corrected chi connectivity index (χ4v) is 6.44. The number of aromatic nitrogens is 4. The van der Waals surface area contributed by atoms with E-state index < -0.39 is 0 Å². The Balaban J connectivity index is 1.55. The van der Waals surface area contributed by atoms with Gasteiger partial charge in [-0.15, -0.1) is 5.10 Å². The van der Waals surface area contributed by atoms with Crippen molar-refractivity contribution in [2.24, 2.45) is 5.92 Å². The monoisotopic (exact) mass is 427 g/mol. The highest BCUT2D eigenvalue weighted by Gasteiger charge is 2.55. The van der Waals surface area contributed by atoms with Crippen molar-refractivity contribution in [1.29, 1.82) is 0 Å². The van der Waals surface area contributed by atoms with Gasteiger partial charge < -0.3 is 0 Å². The zero-order valence-corrected chi connectivity index (χ0v) is 18.4. The van der Waals surface area contributed by atoms with E-state index in [9.17, 15) is 4.79 Å². The van der Waals surface area contributed by atoms with Crippen LogP contribution in [-0.4, -0.2) is 31.7 Å². The maximum atomic E-state index is 13.9. The van der Waals surface area contributed by atoms with Crippen molar-refractivity contribution >= 4 is 11.9 Å². The number of hydrogen-bond donors (Lipinski definition) is 0. The van der Waals surface area contributed by atoms with Gasteiger partial charge in [-0.2, -0.15) is 4.98 Å². The summed E-state index contributed by atoms with van der Waals surface area (Å²) in [4.78, 5) is 25.1. The number of fused-ring (bicyclic) bond motifs is 4. The van der Waals surface area contributed by atoms with Crippen molar-refractivity contribution in [2.45, 2.75) is 69.4 Å². The van der Waals surface area contributed by atoms with Gasteiger partial charge in [0, 0.05) is 35.5 Å². The van der Waals surface area contributed by atoms with E-state index in [0.717, 1.165) is 37.2 Å². The first kappa shape index (κ1) is 19.6. The lowest BCUT2D eigenvalue weighted by Crippen LogP contribution is -2.61. The second-order valence-electron chi connectivity index (χ2n) is 9.55. The molecule has 1 aliphatic heterocycles. The SMILES string of the molecule is O=C(c1ccccc1)N1c2nc(-c3cccnc3)nn2C2(CCCCC2)[C@@H]2CCCC[C@@H]21. The minimum atomic E-state index is -0.0282. The first-order valence-electron chi connectivity index (χ1n) is 12.0. The molecular formula is C26H29N5O. The highest BCUT2D eigenvalue weighted by molar-refractivity contribution is 6.06. The number of hydrogen-bond acceptors (Lipinski definition) is 4. The molecule has 6 nitrogen and oxygen atoms in total. The average Bonchev–Trinajstić information content (AvgIpc) is 3.32. The number of anilines is 1. The van der Waals surface area contributed by atoms with Gasteiger partial charge in [0.1, 0.15) is 0 Å². The second-order valence-corrected chi connectivity index (χ2v) is 9.55. The Bertz CT molecular complexity index is 1100. The molecule has 1 spiro atoms. The molecule has 164 valence electrons. The summed E-state index contributed by atoms with van der Waals surface area (Å²) in [5, 5.41) is 5.09. The van der Waals surface area contributed by atoms with Crippen molar-refractivity contribution in [1.82, 2.24) is 19.7 Å². The standard InChI is InChI=1S/C26H29N5O/c32-24(19-10-3-1-4-11-19)30-22-14-6-5-13-21(22)26(15-7-2-8-16-26)31-25(30)28-23(29-31)20-12-9-17-27-18-20/h1,3-4,9-12,17-18,21-22H,2,5-8,13-16H2/t21-,22+/m1/s1. The Hall–Kier alpha value is -3.02. The molecule has 0 saturated heterocycles. The van der Waals surface area contributed by atoms with Crippen molar-refractivity contribution in [3.63, 3.8) is 0 Å². The Kier molecular flexibility index (Phi) is 4.81. The van der Waals surface area contributed by atoms with Crippen LogP contribution in [0.3, 0.4) is 0 Å². The van der Waals surface area contributed by atoms with Crippen LogP contribution in [0, 0.1) is 5.92 Å². The molecule has 6 heteroatoms. The number of carbonyl (C=O) groups is 1. The summed E-state index contributed by atoms with van der Waals surface area (Å²) >= 11 is 0. The summed E-state index contributed by atoms with van der Waals surface area (Å²) in [6, 6.07) is 13.7. The zero-order chi connectivity index (χ0) is 21.5. The normalized spacial score (nSPS) is 24.1. The molecule has 0 unspecified atom stereocenters. The molecular weight excluding hydrogens is 398 g/mol. The van der Waals surface area contributed by atoms with Crippen molar-refractivity contribution in [3.05, 3.63) is 60.4 Å². The number of rotatable bonds is 2. The lowest BCUT2D eigenvalue weighted by Gasteiger charge is -2.55. The van der Waals surface area contributed by atoms with E-state index >= 15 is 0 Å². The molecule has 1 aromatic carbocycles. The Labute approximate surface area is 188 Å². The van der Waals surface area contributed by atoms with Gasteiger partial charge in [-0.3, -0.25) is 14.7 Å². The van der Waals surface area contributed by atoms with Gasteiger partial charge in [-0.05, 0) is 49.9 Å². The van der Waals surface area contributed by atoms with E-state index in [2.05, 4.69) is 9.67 Å². The molecule has 3 aliphatic rings. The van der Waals surface area contributed by atoms with E-state index in [1.165, 1.54) is 32.1 Å². The van der Waals surface area contributed by atoms with Crippen LogP contribution in [0.25, 0.3) is 11.4 Å². The van der Waals surface area contributed by atoms with Gasteiger partial charge in [0.25, 0.3) is 5.91 Å². The summed E-state index contributed by atoms with van der Waals surface area (Å²) in [7, 11) is 0. The fraction of sp³-hybridized carbons (Fsp3) is 0.462. The number of carbonyl (C=O) groups excluding carboxylic acids is 1. The van der Waals surface area contributed by atoms with Crippen LogP contribution >= 0.6 is 0 Å². The van der Waals surface area contributed by atoms with Crippen LogP contribution in [0.1, 0.15) is 68.1 Å². The van der Waals surface area contributed by atoms with Crippen LogP contribution in [0.2, 0.25) is 0 Å². The molecule has 2 fully saturated rings. The third-order valence-corrected chi connectivity index (χ3v) is 7.86. The van der Waals surface area contributed by atoms with Crippen molar-refractivity contribution < 1.29 is 4.79 Å². The van der Waals surface area contributed by atoms with E-state index in [1.807, 2.05) is 53.6 Å². The largest absolute Gasteiger partial charge is 0.273 e. The second kappa shape index (κ2) is 7.84. The maximum absolute atomic E-state index is 13.9. The van der Waals surface area contributed by atoms with Gasteiger partial charge in [0.15, 0.2) is 5.82 Å². The van der Waals surface area contributed by atoms with Crippen LogP contribution in [0.4, 0.5) is 5.95 Å². The summed E-state index contributed by atoms with van der Waals surface area (Å²) < 4.78 is 2.17. The third kappa shape index (κ3) is 2.99. The van der Waals surface area contributed by atoms with E-state index in [4.69, 9.17) is 10.1 Å². The van der Waals surface area contributed by atoms with Crippen molar-refractivity contribution in [2.75, 3.05) is 4.90 Å². The molecule has 2 saturated carbocycles. The fourth-order valence-electron chi connectivity index (χ4n) is 6.44. The Morgan fingerprint density at radius 2 is 1.75 bits per heavy atom. The molecule has 6 rings (SSSR count). The predicted octanol–water partition coefficient (Wildman–Crippen LogP) is 5.22. The van der Waals surface area contributed by atoms with Crippen molar-refractivity contribution in [3.8, 4) is 11.4 Å². The third-order valence-electron chi connectivity index (χ3n) is 7.86. The van der Waals surface area contributed by atoms with Gasteiger partial charge in [0.05, 0.1) is 5.54 Å². The first-order valence-corrected chi connectivity index (χ1v) is 12.0. The Morgan fingerprint density at radius 3 is 2.53 bits per heavy atom. The highest BCUT2D eigenvalue weighted by Crippen LogP contribution is 2.53. The van der Waals surface area contributed by atoms with E-state index in [1.54, 1.807) is 6.20 Å². The van der Waals surface area contributed by atoms with Gasteiger partial charge in [0.2, 0.25) is 5.95 Å². The smallest absolute Gasteiger partial charge is 0.260 e. The first-order chi connectivity index (χ1) is 15.8. The average molecular weight is 428 g/mol. The number of amides is 1. The Morgan fingerprint density at radius 1 is 0.938 bits per heavy atom. The van der Waals surface area contributed by atoms with E-state index in [-0.39, 0.29) is 17.5 Å². The van der Waals surface area contributed by atoms with E-state index in [0.29, 0.717) is 17.3 Å². The number of pyridine rings is 1. The molecule has 3 aromatic rings. The van der Waals surface area contributed by atoms with Crippen LogP contribution in [0.15, 0.2) is 54.9 Å². The molecule has 32 heavy (non-hydrogen) atoms. The molecule has 3 heterocycles. The van der Waals surface area contributed by atoms with Gasteiger partial charge >= 0.3 is 0 Å². The molecule has 0 N–H and O–H groups in total. The molecule has 2 atom stereocenters. The molecule has 0 radical (unpaired) electrons. The molecule has 1 amide bonds. The van der Waals surface area contributed by atoms with Gasteiger partial charge in [-0.25, -0.2) is 4.68 Å².